The summed E-state index contributed by atoms with van der Waals surface area (Å²) in [7, 11) is 3.41. The van der Waals surface area contributed by atoms with E-state index in [1.54, 1.807) is 19.5 Å². The fourth-order valence-electron chi connectivity index (χ4n) is 3.55. The molecule has 0 radical (unpaired) electrons. The third kappa shape index (κ3) is 3.68. The van der Waals surface area contributed by atoms with Gasteiger partial charge in [-0.1, -0.05) is 6.07 Å². The molecule has 2 atom stereocenters. The number of carbonyl (C=O) groups excluding carboxylic acids is 1. The Morgan fingerprint density at radius 3 is 2.81 bits per heavy atom. The second-order valence-electron chi connectivity index (χ2n) is 6.47. The Bertz CT molecular complexity index is 816. The summed E-state index contributed by atoms with van der Waals surface area (Å²) in [6.07, 6.45) is 4.05. The Labute approximate surface area is 153 Å². The number of hydrogen-bond donors (Lipinski definition) is 1. The Hall–Kier alpha value is -2.91. The van der Waals surface area contributed by atoms with Gasteiger partial charge in [0.25, 0.3) is 0 Å². The fraction of sp³-hybridized carbons (Fsp3) is 0.350. The van der Waals surface area contributed by atoms with E-state index in [1.807, 2.05) is 42.3 Å². The zero-order chi connectivity index (χ0) is 18.5. The lowest BCUT2D eigenvalue weighted by atomic mass is 9.94. The Morgan fingerprint density at radius 2 is 2.12 bits per heavy atom. The van der Waals surface area contributed by atoms with Crippen LogP contribution in [0.4, 0.5) is 0 Å². The zero-order valence-electron chi connectivity index (χ0n) is 15.0. The monoisotopic (exact) mass is 350 g/mol. The lowest BCUT2D eigenvalue weighted by Crippen LogP contribution is -2.29. The molecule has 0 aliphatic carbocycles. The standard InChI is InChI=1S/C20H22N4O2/c1-24-19(25)10-17(20(24)15-5-7-22-8-6-15)13-23-12-14-3-4-18(26-2)16(9-14)11-21/h3-9,17,20,23H,10,12-13H2,1-2H3/t17-,20-/m0/s1. The van der Waals surface area contributed by atoms with Gasteiger partial charge in [0.1, 0.15) is 11.8 Å². The summed E-state index contributed by atoms with van der Waals surface area (Å²) >= 11 is 0. The number of carbonyl (C=O) groups is 1. The molecule has 26 heavy (non-hydrogen) atoms. The number of amides is 1. The predicted octanol–water partition coefficient (Wildman–Crippen LogP) is 2.27. The van der Waals surface area contributed by atoms with Crippen molar-refractivity contribution in [2.45, 2.75) is 19.0 Å². The molecule has 1 aliphatic heterocycles. The SMILES string of the molecule is COc1ccc(CNC[C@@H]2CC(=O)N(C)[C@H]2c2ccncc2)cc1C#N. The number of hydrogen-bond acceptors (Lipinski definition) is 5. The molecule has 1 fully saturated rings. The maximum absolute atomic E-state index is 12.2. The average Bonchev–Trinajstić information content (AvgIpc) is 2.96. The van der Waals surface area contributed by atoms with E-state index in [4.69, 9.17) is 4.74 Å². The first-order valence-electron chi connectivity index (χ1n) is 8.57. The van der Waals surface area contributed by atoms with Crippen molar-refractivity contribution < 1.29 is 9.53 Å². The van der Waals surface area contributed by atoms with E-state index >= 15 is 0 Å². The largest absolute Gasteiger partial charge is 0.495 e. The molecular formula is C20H22N4O2. The van der Waals surface area contributed by atoms with Gasteiger partial charge >= 0.3 is 0 Å². The highest BCUT2D eigenvalue weighted by molar-refractivity contribution is 5.79. The van der Waals surface area contributed by atoms with E-state index in [0.29, 0.717) is 24.3 Å². The third-order valence-electron chi connectivity index (χ3n) is 4.86. The van der Waals surface area contributed by atoms with Crippen LogP contribution < -0.4 is 10.1 Å². The fourth-order valence-corrected chi connectivity index (χ4v) is 3.55. The number of likely N-dealkylation sites (tertiary alicyclic amines) is 1. The first-order valence-corrected chi connectivity index (χ1v) is 8.57. The van der Waals surface area contributed by atoms with Crippen molar-refractivity contribution in [3.63, 3.8) is 0 Å². The van der Waals surface area contributed by atoms with Gasteiger partial charge in [-0.05, 0) is 35.4 Å². The average molecular weight is 350 g/mol. The van der Waals surface area contributed by atoms with Gasteiger partial charge in [-0.2, -0.15) is 5.26 Å². The van der Waals surface area contributed by atoms with Crippen LogP contribution >= 0.6 is 0 Å². The van der Waals surface area contributed by atoms with Gasteiger partial charge in [0.2, 0.25) is 5.91 Å². The van der Waals surface area contributed by atoms with Crippen molar-refractivity contribution in [3.8, 4) is 11.8 Å². The van der Waals surface area contributed by atoms with Gasteiger partial charge in [-0.15, -0.1) is 0 Å². The summed E-state index contributed by atoms with van der Waals surface area (Å²) < 4.78 is 5.17. The lowest BCUT2D eigenvalue weighted by molar-refractivity contribution is -0.127. The minimum Gasteiger partial charge on any atom is -0.495 e. The van der Waals surface area contributed by atoms with Crippen LogP contribution in [0.25, 0.3) is 0 Å². The first kappa shape index (κ1) is 17.9. The van der Waals surface area contributed by atoms with Gasteiger partial charge in [0.15, 0.2) is 0 Å². The third-order valence-corrected chi connectivity index (χ3v) is 4.86. The van der Waals surface area contributed by atoms with Crippen molar-refractivity contribution in [2.75, 3.05) is 20.7 Å². The molecule has 1 saturated heterocycles. The highest BCUT2D eigenvalue weighted by Gasteiger charge is 2.37. The number of nitrogens with one attached hydrogen (secondary N) is 1. The molecule has 1 N–H and O–H groups in total. The molecule has 1 aromatic heterocycles. The van der Waals surface area contributed by atoms with E-state index in [1.165, 1.54) is 0 Å². The van der Waals surface area contributed by atoms with Crippen molar-refractivity contribution >= 4 is 5.91 Å². The molecule has 0 saturated carbocycles. The van der Waals surface area contributed by atoms with Crippen LogP contribution in [0.1, 0.15) is 29.2 Å². The minimum absolute atomic E-state index is 0.0588. The maximum Gasteiger partial charge on any atom is 0.223 e. The van der Waals surface area contributed by atoms with Crippen LogP contribution in [0.2, 0.25) is 0 Å². The molecule has 6 heteroatoms. The molecule has 0 unspecified atom stereocenters. The van der Waals surface area contributed by atoms with E-state index < -0.39 is 0 Å². The zero-order valence-corrected chi connectivity index (χ0v) is 15.0. The first-order chi connectivity index (χ1) is 12.6. The molecule has 2 aromatic rings. The highest BCUT2D eigenvalue weighted by atomic mass is 16.5. The minimum atomic E-state index is 0.0588. The molecule has 3 rings (SSSR count). The number of nitrogens with zero attached hydrogens (tertiary/aromatic N) is 3. The van der Waals surface area contributed by atoms with Crippen LogP contribution in [0, 0.1) is 17.2 Å². The number of methoxy groups -OCH3 is 1. The van der Waals surface area contributed by atoms with Crippen molar-refractivity contribution in [1.82, 2.24) is 15.2 Å². The normalized spacial score (nSPS) is 19.4. The van der Waals surface area contributed by atoms with Crippen molar-refractivity contribution in [2.24, 2.45) is 5.92 Å². The quantitative estimate of drug-likeness (QED) is 0.865. The number of aromatic nitrogens is 1. The summed E-state index contributed by atoms with van der Waals surface area (Å²) in [5.41, 5.74) is 2.65. The molecule has 6 nitrogen and oxygen atoms in total. The molecule has 1 aliphatic rings. The Morgan fingerprint density at radius 1 is 1.35 bits per heavy atom. The summed E-state index contributed by atoms with van der Waals surface area (Å²) in [5.74, 6) is 0.940. The summed E-state index contributed by atoms with van der Waals surface area (Å²) in [6.45, 7) is 1.35. The highest BCUT2D eigenvalue weighted by Crippen LogP contribution is 2.36. The van der Waals surface area contributed by atoms with Gasteiger partial charge in [-0.3, -0.25) is 9.78 Å². The van der Waals surface area contributed by atoms with Crippen LogP contribution in [-0.4, -0.2) is 36.5 Å². The summed E-state index contributed by atoms with van der Waals surface area (Å²) in [5, 5.41) is 12.6. The number of pyridine rings is 1. The van der Waals surface area contributed by atoms with Crippen LogP contribution in [0.3, 0.4) is 0 Å². The lowest BCUT2D eigenvalue weighted by Gasteiger charge is -2.25. The Balaban J connectivity index is 1.65. The molecule has 1 aromatic carbocycles. The topological polar surface area (TPSA) is 78.2 Å². The molecule has 0 bridgehead atoms. The van der Waals surface area contributed by atoms with Gasteiger partial charge in [0.05, 0.1) is 18.7 Å². The number of ether oxygens (including phenoxy) is 1. The van der Waals surface area contributed by atoms with Gasteiger partial charge in [0, 0.05) is 44.9 Å². The van der Waals surface area contributed by atoms with Gasteiger partial charge < -0.3 is 15.0 Å². The molecular weight excluding hydrogens is 328 g/mol. The van der Waals surface area contributed by atoms with Crippen LogP contribution in [0.15, 0.2) is 42.7 Å². The van der Waals surface area contributed by atoms with E-state index in [9.17, 15) is 10.1 Å². The van der Waals surface area contributed by atoms with Crippen molar-refractivity contribution in [3.05, 3.63) is 59.4 Å². The smallest absolute Gasteiger partial charge is 0.223 e. The van der Waals surface area contributed by atoms with Crippen LogP contribution in [0.5, 0.6) is 5.75 Å². The Kier molecular flexibility index (Phi) is 5.49. The summed E-state index contributed by atoms with van der Waals surface area (Å²) in [4.78, 5) is 18.1. The predicted molar refractivity (Wildman–Crippen MR) is 97.3 cm³/mol. The second kappa shape index (κ2) is 7.98. The van der Waals surface area contributed by atoms with E-state index in [0.717, 1.165) is 17.7 Å². The number of nitriles is 1. The van der Waals surface area contributed by atoms with Crippen LogP contribution in [-0.2, 0) is 11.3 Å². The molecule has 134 valence electrons. The number of rotatable bonds is 6. The van der Waals surface area contributed by atoms with Gasteiger partial charge in [-0.25, -0.2) is 0 Å². The number of benzene rings is 1. The molecule has 1 amide bonds. The maximum atomic E-state index is 12.2. The van der Waals surface area contributed by atoms with Crippen molar-refractivity contribution in [1.29, 1.82) is 5.26 Å². The molecule has 0 spiro atoms. The van der Waals surface area contributed by atoms with E-state index in [2.05, 4.69) is 16.4 Å². The second-order valence-corrected chi connectivity index (χ2v) is 6.47. The summed E-state index contributed by atoms with van der Waals surface area (Å²) in [6, 6.07) is 11.7. The van der Waals surface area contributed by atoms with E-state index in [-0.39, 0.29) is 17.9 Å². The molecule has 2 heterocycles.